The highest BCUT2D eigenvalue weighted by atomic mass is 32.1. The van der Waals surface area contributed by atoms with Crippen molar-refractivity contribution in [3.05, 3.63) is 64.9 Å². The van der Waals surface area contributed by atoms with E-state index in [0.29, 0.717) is 42.1 Å². The van der Waals surface area contributed by atoms with E-state index in [4.69, 9.17) is 4.74 Å². The Morgan fingerprint density at radius 3 is 2.82 bits per heavy atom. The van der Waals surface area contributed by atoms with Gasteiger partial charge in [0.05, 0.1) is 24.2 Å². The normalized spacial score (nSPS) is 21.0. The Labute approximate surface area is 166 Å². The number of fused-ring (bicyclic) bond motifs is 1. The molecule has 1 spiro atoms. The van der Waals surface area contributed by atoms with Crippen molar-refractivity contribution in [2.24, 2.45) is 0 Å². The quantitative estimate of drug-likeness (QED) is 0.669. The maximum atomic E-state index is 13.2. The molecular weight excluding hydrogens is 374 g/mol. The molecule has 1 amide bonds. The molecule has 0 saturated carbocycles. The van der Waals surface area contributed by atoms with E-state index in [9.17, 15) is 9.59 Å². The zero-order chi connectivity index (χ0) is 19.3. The van der Waals surface area contributed by atoms with Gasteiger partial charge in [-0.2, -0.15) is 0 Å². The van der Waals surface area contributed by atoms with E-state index in [-0.39, 0.29) is 11.7 Å². The van der Waals surface area contributed by atoms with E-state index in [0.717, 1.165) is 10.8 Å². The van der Waals surface area contributed by atoms with Gasteiger partial charge in [0.25, 0.3) is 5.91 Å². The lowest BCUT2D eigenvalue weighted by Crippen LogP contribution is -2.45. The van der Waals surface area contributed by atoms with E-state index in [2.05, 4.69) is 4.98 Å². The number of Topliss-reactive ketones (excluding diaryl/α,β-unsaturated/α-hetero) is 1. The number of carbonyl (C=O) groups is 2. The van der Waals surface area contributed by atoms with Crippen LogP contribution in [0.25, 0.3) is 5.13 Å². The number of carbonyl (C=O) groups excluding carboxylic acids is 2. The first-order valence-corrected chi connectivity index (χ1v) is 10.1. The number of nitrogens with zero attached hydrogens (tertiary/aromatic N) is 3. The molecule has 142 valence electrons. The number of benzene rings is 1. The molecule has 0 aliphatic carbocycles. The van der Waals surface area contributed by atoms with Crippen molar-refractivity contribution >= 4 is 23.0 Å². The molecule has 28 heavy (non-hydrogen) atoms. The van der Waals surface area contributed by atoms with Gasteiger partial charge in [-0.05, 0) is 31.2 Å². The standard InChI is InChI=1S/C21H19N3O3S/c1-14-18(28-20(22-14)23-9-4-5-10-23)19(26)24-11-8-21(13-24)12-16(25)15-6-2-3-7-17(15)27-21/h2-7,9-10H,8,11-13H2,1H3. The molecule has 1 aromatic carbocycles. The zero-order valence-electron chi connectivity index (χ0n) is 15.4. The molecule has 5 rings (SSSR count). The maximum absolute atomic E-state index is 13.2. The Balaban J connectivity index is 1.38. The molecule has 2 aliphatic rings. The van der Waals surface area contributed by atoms with Gasteiger partial charge >= 0.3 is 0 Å². The second-order valence-corrected chi connectivity index (χ2v) is 8.34. The largest absolute Gasteiger partial charge is 0.484 e. The number of ether oxygens (including phenoxy) is 1. The molecule has 2 aromatic heterocycles. The van der Waals surface area contributed by atoms with Crippen molar-refractivity contribution in [2.75, 3.05) is 13.1 Å². The first-order valence-electron chi connectivity index (χ1n) is 9.26. The van der Waals surface area contributed by atoms with Gasteiger partial charge in [0.2, 0.25) is 0 Å². The lowest BCUT2D eigenvalue weighted by molar-refractivity contribution is 0.0429. The minimum atomic E-state index is -0.622. The van der Waals surface area contributed by atoms with Crippen molar-refractivity contribution in [2.45, 2.75) is 25.4 Å². The van der Waals surface area contributed by atoms with Gasteiger partial charge in [-0.3, -0.25) is 9.59 Å². The van der Waals surface area contributed by atoms with Crippen LogP contribution in [0.5, 0.6) is 5.75 Å². The number of hydrogen-bond acceptors (Lipinski definition) is 5. The molecule has 1 unspecified atom stereocenters. The number of thiazole rings is 1. The number of likely N-dealkylation sites (tertiary alicyclic amines) is 1. The molecule has 0 N–H and O–H groups in total. The van der Waals surface area contributed by atoms with Crippen molar-refractivity contribution in [1.82, 2.24) is 14.5 Å². The smallest absolute Gasteiger partial charge is 0.266 e. The summed E-state index contributed by atoms with van der Waals surface area (Å²) in [5.74, 6) is 0.664. The van der Waals surface area contributed by atoms with Crippen molar-refractivity contribution < 1.29 is 14.3 Å². The van der Waals surface area contributed by atoms with Crippen LogP contribution in [0.1, 0.15) is 38.6 Å². The van der Waals surface area contributed by atoms with Crippen LogP contribution >= 0.6 is 11.3 Å². The summed E-state index contributed by atoms with van der Waals surface area (Å²) in [5.41, 5.74) is 0.737. The van der Waals surface area contributed by atoms with Crippen LogP contribution in [0.3, 0.4) is 0 Å². The number of para-hydroxylation sites is 1. The third kappa shape index (κ3) is 2.74. The van der Waals surface area contributed by atoms with Gasteiger partial charge in [-0.15, -0.1) is 0 Å². The number of aryl methyl sites for hydroxylation is 1. The van der Waals surface area contributed by atoms with Crippen LogP contribution in [0.4, 0.5) is 0 Å². The summed E-state index contributed by atoms with van der Waals surface area (Å²) in [7, 11) is 0. The number of ketones is 1. The van der Waals surface area contributed by atoms with Gasteiger partial charge in [-0.1, -0.05) is 23.5 Å². The lowest BCUT2D eigenvalue weighted by atomic mass is 9.89. The highest BCUT2D eigenvalue weighted by molar-refractivity contribution is 7.16. The van der Waals surface area contributed by atoms with Crippen LogP contribution < -0.4 is 4.74 Å². The second kappa shape index (κ2) is 6.31. The van der Waals surface area contributed by atoms with Gasteiger partial charge < -0.3 is 14.2 Å². The molecule has 2 aliphatic heterocycles. The van der Waals surface area contributed by atoms with Gasteiger partial charge in [-0.25, -0.2) is 4.98 Å². The minimum absolute atomic E-state index is 0.0415. The Morgan fingerprint density at radius 2 is 2.00 bits per heavy atom. The maximum Gasteiger partial charge on any atom is 0.266 e. The number of hydrogen-bond donors (Lipinski definition) is 0. The summed E-state index contributed by atoms with van der Waals surface area (Å²) >= 11 is 1.39. The molecule has 3 aromatic rings. The monoisotopic (exact) mass is 393 g/mol. The SMILES string of the molecule is Cc1nc(-n2cccc2)sc1C(=O)N1CCC2(CC(=O)c3ccccc3O2)C1. The topological polar surface area (TPSA) is 64.4 Å². The molecule has 4 heterocycles. The highest BCUT2D eigenvalue weighted by Crippen LogP contribution is 2.39. The number of aromatic nitrogens is 2. The van der Waals surface area contributed by atoms with Gasteiger partial charge in [0.15, 0.2) is 10.9 Å². The fraction of sp³-hybridized carbons (Fsp3) is 0.286. The van der Waals surface area contributed by atoms with E-state index in [1.165, 1.54) is 11.3 Å². The van der Waals surface area contributed by atoms with Crippen LogP contribution in [0.15, 0.2) is 48.8 Å². The summed E-state index contributed by atoms with van der Waals surface area (Å²) < 4.78 is 8.13. The predicted molar refractivity (Wildman–Crippen MR) is 105 cm³/mol. The van der Waals surface area contributed by atoms with Crippen molar-refractivity contribution in [3.63, 3.8) is 0 Å². The molecule has 7 heteroatoms. The predicted octanol–water partition coefficient (Wildman–Crippen LogP) is 3.49. The van der Waals surface area contributed by atoms with Crippen LogP contribution in [-0.2, 0) is 0 Å². The molecule has 6 nitrogen and oxygen atoms in total. The second-order valence-electron chi connectivity index (χ2n) is 7.36. The van der Waals surface area contributed by atoms with E-state index in [1.807, 2.05) is 54.2 Å². The molecular formula is C21H19N3O3S. The summed E-state index contributed by atoms with van der Waals surface area (Å²) in [6, 6.07) is 11.2. The zero-order valence-corrected chi connectivity index (χ0v) is 16.2. The highest BCUT2D eigenvalue weighted by Gasteiger charge is 2.47. The fourth-order valence-corrected chi connectivity index (χ4v) is 4.99. The summed E-state index contributed by atoms with van der Waals surface area (Å²) in [4.78, 5) is 32.7. The lowest BCUT2D eigenvalue weighted by Gasteiger charge is -2.34. The Hall–Kier alpha value is -2.93. The average Bonchev–Trinajstić information content (AvgIpc) is 3.41. The van der Waals surface area contributed by atoms with Crippen LogP contribution in [0, 0.1) is 6.92 Å². The van der Waals surface area contributed by atoms with Crippen molar-refractivity contribution in [3.8, 4) is 10.9 Å². The van der Waals surface area contributed by atoms with Crippen LogP contribution in [0.2, 0.25) is 0 Å². The molecule has 1 fully saturated rings. The third-order valence-corrected chi connectivity index (χ3v) is 6.56. The van der Waals surface area contributed by atoms with Crippen molar-refractivity contribution in [1.29, 1.82) is 0 Å². The minimum Gasteiger partial charge on any atom is -0.484 e. The average molecular weight is 393 g/mol. The molecule has 0 radical (unpaired) electrons. The Kier molecular flexibility index (Phi) is 3.87. The van der Waals surface area contributed by atoms with E-state index >= 15 is 0 Å². The summed E-state index contributed by atoms with van der Waals surface area (Å²) in [6.45, 7) is 2.85. The summed E-state index contributed by atoms with van der Waals surface area (Å²) in [5, 5.41) is 0.776. The van der Waals surface area contributed by atoms with Gasteiger partial charge in [0.1, 0.15) is 16.2 Å². The summed E-state index contributed by atoms with van der Waals surface area (Å²) in [6.07, 6.45) is 4.79. The van der Waals surface area contributed by atoms with Gasteiger partial charge in [0, 0.05) is 25.4 Å². The first-order chi connectivity index (χ1) is 13.5. The third-order valence-electron chi connectivity index (χ3n) is 5.41. The first kappa shape index (κ1) is 17.2. The molecule has 0 bridgehead atoms. The Bertz CT molecular complexity index is 1070. The molecule has 1 saturated heterocycles. The number of amides is 1. The Morgan fingerprint density at radius 1 is 1.21 bits per heavy atom. The number of rotatable bonds is 2. The van der Waals surface area contributed by atoms with E-state index in [1.54, 1.807) is 11.0 Å². The molecule has 1 atom stereocenters. The van der Waals surface area contributed by atoms with E-state index < -0.39 is 5.60 Å². The fourth-order valence-electron chi connectivity index (χ4n) is 3.99. The van der Waals surface area contributed by atoms with Crippen LogP contribution in [-0.4, -0.2) is 44.8 Å².